The lowest BCUT2D eigenvalue weighted by atomic mass is 10.1. The quantitative estimate of drug-likeness (QED) is 0.391. The maximum Gasteiger partial charge on any atom is 0.0833 e. The van der Waals surface area contributed by atoms with Crippen LogP contribution in [0.25, 0.3) is 16.1 Å². The van der Waals surface area contributed by atoms with Crippen molar-refractivity contribution in [2.24, 2.45) is 4.99 Å². The number of hydrogen-bond acceptors (Lipinski definition) is 5. The molecule has 0 amide bonds. The minimum atomic E-state index is 0.170. The summed E-state index contributed by atoms with van der Waals surface area (Å²) in [5.41, 5.74) is 10.3. The Morgan fingerprint density at radius 2 is 2.22 bits per heavy atom. The van der Waals surface area contributed by atoms with Gasteiger partial charge in [0, 0.05) is 24.2 Å². The van der Waals surface area contributed by atoms with Gasteiger partial charge in [0.05, 0.1) is 16.3 Å². The van der Waals surface area contributed by atoms with E-state index in [2.05, 4.69) is 59.7 Å². The molecule has 0 aliphatic heterocycles. The van der Waals surface area contributed by atoms with Crippen LogP contribution in [0.15, 0.2) is 41.9 Å². The second-order valence-electron chi connectivity index (χ2n) is 5.19. The average molecular weight is 329 g/mol. The lowest BCUT2D eigenvalue weighted by Gasteiger charge is -2.09. The number of aliphatic imine (C=N–C) groups is 1. The second-order valence-corrected chi connectivity index (χ2v) is 6.24. The molecule has 1 aromatic heterocycles. The van der Waals surface area contributed by atoms with Crippen molar-refractivity contribution < 1.29 is 5.11 Å². The molecule has 23 heavy (non-hydrogen) atoms. The predicted molar refractivity (Wildman–Crippen MR) is 100 cm³/mol. The molecule has 1 heterocycles. The number of thiophene rings is 1. The van der Waals surface area contributed by atoms with Gasteiger partial charge in [-0.15, -0.1) is 11.3 Å². The first-order valence-electron chi connectivity index (χ1n) is 7.64. The van der Waals surface area contributed by atoms with E-state index in [0.29, 0.717) is 13.0 Å². The number of benzene rings is 1. The Bertz CT molecular complexity index is 691. The fraction of sp³-hybridized carbons (Fsp3) is 0.278. The molecule has 0 unspecified atom stereocenters. The molecule has 2 aromatic rings. The smallest absolute Gasteiger partial charge is 0.0833 e. The van der Waals surface area contributed by atoms with Crippen molar-refractivity contribution in [2.45, 2.75) is 20.3 Å². The van der Waals surface area contributed by atoms with E-state index >= 15 is 0 Å². The largest absolute Gasteiger partial charge is 0.396 e. The third-order valence-corrected chi connectivity index (χ3v) is 4.49. The van der Waals surface area contributed by atoms with E-state index in [1.54, 1.807) is 17.6 Å². The molecule has 3 N–H and O–H groups in total. The average Bonchev–Trinajstić information content (AvgIpc) is 2.96. The van der Waals surface area contributed by atoms with Gasteiger partial charge in [-0.25, -0.2) is 5.43 Å². The minimum absolute atomic E-state index is 0.170. The van der Waals surface area contributed by atoms with Crippen molar-refractivity contribution >= 4 is 28.9 Å². The number of aryl methyl sites for hydroxylation is 1. The van der Waals surface area contributed by atoms with E-state index in [0.717, 1.165) is 16.3 Å². The SMILES string of the molecule is C=C(NNCCCO)c1sc(-c2cccc(C)c2)cc1N=CC. The van der Waals surface area contributed by atoms with Crippen LogP contribution in [-0.4, -0.2) is 24.5 Å². The van der Waals surface area contributed by atoms with Crippen LogP contribution in [0.2, 0.25) is 0 Å². The Kier molecular flexibility index (Phi) is 6.52. The summed E-state index contributed by atoms with van der Waals surface area (Å²) in [5, 5.41) is 8.81. The molecular weight excluding hydrogens is 306 g/mol. The van der Waals surface area contributed by atoms with E-state index in [1.165, 1.54) is 16.0 Å². The molecular formula is C18H23N3OS. The van der Waals surface area contributed by atoms with Gasteiger partial charge in [0.1, 0.15) is 0 Å². The number of hydrazine groups is 1. The molecule has 5 heteroatoms. The highest BCUT2D eigenvalue weighted by Crippen LogP contribution is 2.39. The summed E-state index contributed by atoms with van der Waals surface area (Å²) in [6.07, 6.45) is 2.48. The number of rotatable bonds is 8. The Balaban J connectivity index is 2.23. The van der Waals surface area contributed by atoms with Crippen molar-refractivity contribution in [3.8, 4) is 10.4 Å². The van der Waals surface area contributed by atoms with Crippen molar-refractivity contribution in [2.75, 3.05) is 13.2 Å². The molecule has 0 atom stereocenters. The zero-order valence-electron chi connectivity index (χ0n) is 13.6. The third-order valence-electron chi connectivity index (χ3n) is 3.26. The van der Waals surface area contributed by atoms with Crippen LogP contribution in [0.3, 0.4) is 0 Å². The van der Waals surface area contributed by atoms with Crippen LogP contribution in [0.1, 0.15) is 23.8 Å². The van der Waals surface area contributed by atoms with E-state index in [9.17, 15) is 0 Å². The minimum Gasteiger partial charge on any atom is -0.396 e. The summed E-state index contributed by atoms with van der Waals surface area (Å²) >= 11 is 1.67. The zero-order chi connectivity index (χ0) is 16.7. The standard InChI is InChI=1S/C18H23N3OS/c1-4-19-16-12-17(15-8-5-7-13(2)11-15)23-18(16)14(3)21-20-9-6-10-22/h4-5,7-8,11-12,20-22H,3,6,9-10H2,1-2H3. The van der Waals surface area contributed by atoms with Crippen LogP contribution in [0.4, 0.5) is 5.69 Å². The molecule has 0 radical (unpaired) electrons. The van der Waals surface area contributed by atoms with Crippen LogP contribution in [-0.2, 0) is 0 Å². The molecule has 0 fully saturated rings. The number of nitrogens with zero attached hydrogens (tertiary/aromatic N) is 1. The van der Waals surface area contributed by atoms with E-state index in [4.69, 9.17) is 5.11 Å². The molecule has 0 aliphatic carbocycles. The molecule has 2 rings (SSSR count). The Hall–Kier alpha value is -1.95. The highest BCUT2D eigenvalue weighted by molar-refractivity contribution is 7.17. The lowest BCUT2D eigenvalue weighted by Crippen LogP contribution is -2.30. The first-order valence-corrected chi connectivity index (χ1v) is 8.46. The molecule has 1 aromatic carbocycles. The van der Waals surface area contributed by atoms with Crippen molar-refractivity contribution in [1.29, 1.82) is 0 Å². The van der Waals surface area contributed by atoms with Gasteiger partial charge >= 0.3 is 0 Å². The molecule has 4 nitrogen and oxygen atoms in total. The fourth-order valence-electron chi connectivity index (χ4n) is 2.17. The predicted octanol–water partition coefficient (Wildman–Crippen LogP) is 3.89. The van der Waals surface area contributed by atoms with Crippen LogP contribution in [0.5, 0.6) is 0 Å². The van der Waals surface area contributed by atoms with E-state index in [-0.39, 0.29) is 6.61 Å². The maximum absolute atomic E-state index is 8.81. The Morgan fingerprint density at radius 1 is 1.39 bits per heavy atom. The van der Waals surface area contributed by atoms with Crippen molar-refractivity contribution in [1.82, 2.24) is 10.9 Å². The zero-order valence-corrected chi connectivity index (χ0v) is 14.4. The third kappa shape index (κ3) is 4.76. The topological polar surface area (TPSA) is 56.6 Å². The summed E-state index contributed by atoms with van der Waals surface area (Å²) in [5.74, 6) is 0. The summed E-state index contributed by atoms with van der Waals surface area (Å²) in [4.78, 5) is 6.64. The number of hydrogen-bond donors (Lipinski definition) is 3. The summed E-state index contributed by atoms with van der Waals surface area (Å²) in [7, 11) is 0. The lowest BCUT2D eigenvalue weighted by molar-refractivity contribution is 0.285. The van der Waals surface area contributed by atoms with Crippen molar-refractivity contribution in [3.63, 3.8) is 0 Å². The molecule has 0 saturated carbocycles. The van der Waals surface area contributed by atoms with Gasteiger partial charge in [0.2, 0.25) is 0 Å². The van der Waals surface area contributed by atoms with Gasteiger partial charge in [-0.3, -0.25) is 4.99 Å². The van der Waals surface area contributed by atoms with E-state index in [1.807, 2.05) is 6.92 Å². The molecule has 0 aliphatic rings. The van der Waals surface area contributed by atoms with Crippen LogP contribution in [0, 0.1) is 6.92 Å². The highest BCUT2D eigenvalue weighted by Gasteiger charge is 2.12. The number of aliphatic hydroxyl groups excluding tert-OH is 1. The normalized spacial score (nSPS) is 11.1. The first kappa shape index (κ1) is 17.4. The van der Waals surface area contributed by atoms with Crippen LogP contribution >= 0.6 is 11.3 Å². The summed E-state index contributed by atoms with van der Waals surface area (Å²) < 4.78 is 0. The molecule has 0 saturated heterocycles. The Labute approximate surface area is 141 Å². The van der Waals surface area contributed by atoms with Crippen molar-refractivity contribution in [3.05, 3.63) is 47.4 Å². The molecule has 0 bridgehead atoms. The maximum atomic E-state index is 8.81. The van der Waals surface area contributed by atoms with Gasteiger partial charge in [0.15, 0.2) is 0 Å². The van der Waals surface area contributed by atoms with Gasteiger partial charge in [0.25, 0.3) is 0 Å². The van der Waals surface area contributed by atoms with Gasteiger partial charge < -0.3 is 10.5 Å². The highest BCUT2D eigenvalue weighted by atomic mass is 32.1. The summed E-state index contributed by atoms with van der Waals surface area (Å²) in [6, 6.07) is 10.5. The monoisotopic (exact) mass is 329 g/mol. The first-order chi connectivity index (χ1) is 11.2. The van der Waals surface area contributed by atoms with E-state index < -0.39 is 0 Å². The summed E-state index contributed by atoms with van der Waals surface area (Å²) in [6.45, 7) is 8.94. The van der Waals surface area contributed by atoms with Gasteiger partial charge in [-0.2, -0.15) is 0 Å². The molecule has 122 valence electrons. The number of nitrogens with one attached hydrogen (secondary N) is 2. The van der Waals surface area contributed by atoms with Gasteiger partial charge in [-0.05, 0) is 31.9 Å². The van der Waals surface area contributed by atoms with Gasteiger partial charge in [-0.1, -0.05) is 36.4 Å². The number of aliphatic hydroxyl groups is 1. The molecule has 0 spiro atoms. The Morgan fingerprint density at radius 3 is 2.91 bits per heavy atom. The second kappa shape index (κ2) is 8.62. The fourth-order valence-corrected chi connectivity index (χ4v) is 3.19. The van der Waals surface area contributed by atoms with Crippen LogP contribution < -0.4 is 10.9 Å².